The molecule has 6 heteroatoms. The molecule has 1 aromatic heterocycles. The van der Waals surface area contributed by atoms with E-state index in [4.69, 9.17) is 17.3 Å². The number of phenols is 1. The molecule has 0 atom stereocenters. The Labute approximate surface area is 89.1 Å². The first-order valence-corrected chi connectivity index (χ1v) is 4.95. The summed E-state index contributed by atoms with van der Waals surface area (Å²) < 4.78 is 3.70. The Bertz CT molecular complexity index is 458. The van der Waals surface area contributed by atoms with E-state index >= 15 is 0 Å². The maximum Gasteiger partial charge on any atom is 0.148 e. The fraction of sp³-hybridized carbons (Fsp3) is 0. The lowest BCUT2D eigenvalue weighted by atomic mass is 10.1. The highest BCUT2D eigenvalue weighted by Crippen LogP contribution is 2.35. The van der Waals surface area contributed by atoms with Crippen LogP contribution < -0.4 is 5.73 Å². The highest BCUT2D eigenvalue weighted by molar-refractivity contribution is 7.03. The van der Waals surface area contributed by atoms with Crippen LogP contribution in [0, 0.1) is 0 Å². The summed E-state index contributed by atoms with van der Waals surface area (Å²) in [6, 6.07) is 3.09. The highest BCUT2D eigenvalue weighted by Gasteiger charge is 2.11. The largest absolute Gasteiger partial charge is 0.505 e. The summed E-state index contributed by atoms with van der Waals surface area (Å²) in [4.78, 5) is 0. The molecule has 72 valence electrons. The van der Waals surface area contributed by atoms with Gasteiger partial charge in [0, 0.05) is 16.0 Å². The van der Waals surface area contributed by atoms with Crippen molar-refractivity contribution in [2.45, 2.75) is 0 Å². The van der Waals surface area contributed by atoms with E-state index in [1.165, 1.54) is 17.6 Å². The third kappa shape index (κ3) is 1.51. The summed E-state index contributed by atoms with van der Waals surface area (Å²) >= 11 is 7.00. The van der Waals surface area contributed by atoms with Gasteiger partial charge < -0.3 is 10.8 Å². The highest BCUT2D eigenvalue weighted by atomic mass is 35.5. The van der Waals surface area contributed by atoms with Gasteiger partial charge in [0.25, 0.3) is 0 Å². The van der Waals surface area contributed by atoms with E-state index < -0.39 is 0 Å². The predicted molar refractivity (Wildman–Crippen MR) is 56.4 cm³/mol. The molecule has 1 heterocycles. The van der Waals surface area contributed by atoms with Crippen molar-refractivity contribution < 1.29 is 5.11 Å². The number of halogens is 1. The number of rotatable bonds is 1. The number of hydrogen-bond donors (Lipinski definition) is 2. The Kier molecular flexibility index (Phi) is 2.26. The van der Waals surface area contributed by atoms with E-state index in [0.717, 1.165) is 0 Å². The van der Waals surface area contributed by atoms with Gasteiger partial charge >= 0.3 is 0 Å². The number of nitrogen functional groups attached to an aromatic ring is 1. The molecule has 0 spiro atoms. The average molecular weight is 228 g/mol. The third-order valence-corrected chi connectivity index (χ3v) is 2.46. The summed E-state index contributed by atoms with van der Waals surface area (Å²) in [5.74, 6) is -0.0119. The van der Waals surface area contributed by atoms with Crippen LogP contribution in [-0.4, -0.2) is 14.7 Å². The summed E-state index contributed by atoms with van der Waals surface area (Å²) in [7, 11) is 0. The molecule has 1 aromatic carbocycles. The van der Waals surface area contributed by atoms with Gasteiger partial charge in [-0.25, -0.2) is 0 Å². The van der Waals surface area contributed by atoms with Gasteiger partial charge in [0.15, 0.2) is 0 Å². The maximum absolute atomic E-state index is 9.65. The van der Waals surface area contributed by atoms with Gasteiger partial charge in [0.1, 0.15) is 11.4 Å². The van der Waals surface area contributed by atoms with Crippen LogP contribution in [0.2, 0.25) is 5.02 Å². The smallest absolute Gasteiger partial charge is 0.148 e. The summed E-state index contributed by atoms with van der Waals surface area (Å²) in [6.07, 6.45) is 0. The Hall–Kier alpha value is -1.33. The molecule has 0 unspecified atom stereocenters. The molecule has 0 bridgehead atoms. The number of aromatic nitrogens is 2. The molecular weight excluding hydrogens is 222 g/mol. The molecule has 3 N–H and O–H groups in total. The Morgan fingerprint density at radius 3 is 2.86 bits per heavy atom. The Morgan fingerprint density at radius 1 is 1.43 bits per heavy atom. The van der Waals surface area contributed by atoms with Crippen molar-refractivity contribution in [1.82, 2.24) is 9.59 Å². The molecule has 0 fully saturated rings. The number of nitrogens with two attached hydrogens (primary N) is 1. The van der Waals surface area contributed by atoms with Crippen molar-refractivity contribution in [3.63, 3.8) is 0 Å². The standard InChI is InChI=1S/C8H6ClN3OS/c9-4-1-5(7-3-14-12-11-7)8(13)6(10)2-4/h1-3,13H,10H2. The maximum atomic E-state index is 9.65. The lowest BCUT2D eigenvalue weighted by Crippen LogP contribution is -1.88. The first-order chi connectivity index (χ1) is 6.68. The van der Waals surface area contributed by atoms with Gasteiger partial charge in [-0.2, -0.15) is 0 Å². The molecular formula is C8H6ClN3OS. The number of phenolic OH excluding ortho intramolecular Hbond substituents is 1. The zero-order valence-electron chi connectivity index (χ0n) is 6.94. The first kappa shape index (κ1) is 9.23. The monoisotopic (exact) mass is 227 g/mol. The number of anilines is 1. The summed E-state index contributed by atoms with van der Waals surface area (Å²) in [5, 5.41) is 15.6. The van der Waals surface area contributed by atoms with E-state index in [1.807, 2.05) is 0 Å². The third-order valence-electron chi connectivity index (χ3n) is 1.74. The predicted octanol–water partition coefficient (Wildman–Crippen LogP) is 2.15. The minimum Gasteiger partial charge on any atom is -0.505 e. The van der Waals surface area contributed by atoms with Crippen LogP contribution in [0.4, 0.5) is 5.69 Å². The second kappa shape index (κ2) is 3.43. The van der Waals surface area contributed by atoms with Gasteiger partial charge in [0.2, 0.25) is 0 Å². The van der Waals surface area contributed by atoms with Crippen LogP contribution in [0.15, 0.2) is 17.5 Å². The van der Waals surface area contributed by atoms with Crippen molar-refractivity contribution in [2.75, 3.05) is 5.73 Å². The molecule has 2 rings (SSSR count). The Balaban J connectivity index is 2.64. The molecule has 0 aliphatic heterocycles. The zero-order valence-corrected chi connectivity index (χ0v) is 8.51. The van der Waals surface area contributed by atoms with Gasteiger partial charge in [-0.15, -0.1) is 5.10 Å². The van der Waals surface area contributed by atoms with Crippen LogP contribution in [-0.2, 0) is 0 Å². The lowest BCUT2D eigenvalue weighted by Gasteiger charge is -2.04. The van der Waals surface area contributed by atoms with E-state index in [1.54, 1.807) is 11.4 Å². The van der Waals surface area contributed by atoms with Crippen molar-refractivity contribution in [2.24, 2.45) is 0 Å². The minimum atomic E-state index is -0.0119. The van der Waals surface area contributed by atoms with Crippen molar-refractivity contribution in [3.8, 4) is 17.0 Å². The quantitative estimate of drug-likeness (QED) is 0.578. The fourth-order valence-electron chi connectivity index (χ4n) is 1.10. The fourth-order valence-corrected chi connectivity index (χ4v) is 1.78. The SMILES string of the molecule is Nc1cc(Cl)cc(-c2csnn2)c1O. The van der Waals surface area contributed by atoms with E-state index in [2.05, 4.69) is 9.59 Å². The zero-order chi connectivity index (χ0) is 10.1. The van der Waals surface area contributed by atoms with Gasteiger partial charge in [0.05, 0.1) is 5.69 Å². The van der Waals surface area contributed by atoms with Gasteiger partial charge in [-0.1, -0.05) is 16.1 Å². The van der Waals surface area contributed by atoms with Crippen LogP contribution >= 0.6 is 23.1 Å². The van der Waals surface area contributed by atoms with Crippen LogP contribution in [0.5, 0.6) is 5.75 Å². The van der Waals surface area contributed by atoms with E-state index in [0.29, 0.717) is 16.3 Å². The first-order valence-electron chi connectivity index (χ1n) is 3.74. The summed E-state index contributed by atoms with van der Waals surface area (Å²) in [5.41, 5.74) is 6.86. The van der Waals surface area contributed by atoms with E-state index in [-0.39, 0.29) is 11.4 Å². The van der Waals surface area contributed by atoms with E-state index in [9.17, 15) is 5.11 Å². The van der Waals surface area contributed by atoms with Crippen LogP contribution in [0.3, 0.4) is 0 Å². The number of hydrogen-bond acceptors (Lipinski definition) is 5. The number of aromatic hydroxyl groups is 1. The van der Waals surface area contributed by atoms with Crippen molar-refractivity contribution >= 4 is 28.8 Å². The minimum absolute atomic E-state index is 0.0119. The van der Waals surface area contributed by atoms with Gasteiger partial charge in [-0.3, -0.25) is 0 Å². The summed E-state index contributed by atoms with van der Waals surface area (Å²) in [6.45, 7) is 0. The van der Waals surface area contributed by atoms with Crippen molar-refractivity contribution in [1.29, 1.82) is 0 Å². The molecule has 2 aromatic rings. The lowest BCUT2D eigenvalue weighted by molar-refractivity contribution is 0.480. The molecule has 4 nitrogen and oxygen atoms in total. The molecule has 0 aliphatic carbocycles. The normalized spacial score (nSPS) is 10.4. The molecule has 0 radical (unpaired) electrons. The second-order valence-corrected chi connectivity index (χ2v) is 3.73. The van der Waals surface area contributed by atoms with Crippen molar-refractivity contribution in [3.05, 3.63) is 22.5 Å². The molecule has 14 heavy (non-hydrogen) atoms. The number of nitrogens with zero attached hydrogens (tertiary/aromatic N) is 2. The molecule has 0 saturated heterocycles. The van der Waals surface area contributed by atoms with Crippen LogP contribution in [0.1, 0.15) is 0 Å². The van der Waals surface area contributed by atoms with Crippen LogP contribution in [0.25, 0.3) is 11.3 Å². The topological polar surface area (TPSA) is 72.0 Å². The second-order valence-electron chi connectivity index (χ2n) is 2.68. The van der Waals surface area contributed by atoms with Gasteiger partial charge in [-0.05, 0) is 23.7 Å². The average Bonchev–Trinajstić information content (AvgIpc) is 2.63. The molecule has 0 saturated carbocycles. The Morgan fingerprint density at radius 2 is 2.21 bits per heavy atom. The molecule has 0 aliphatic rings. The number of benzene rings is 1. The molecule has 0 amide bonds.